The monoisotopic (exact) mass is 408 g/mol. The van der Waals surface area contributed by atoms with Crippen molar-refractivity contribution in [1.82, 2.24) is 15.1 Å². The molecule has 1 aromatic carbocycles. The van der Waals surface area contributed by atoms with Crippen LogP contribution in [0.25, 0.3) is 0 Å². The number of carbonyl (C=O) groups is 1. The van der Waals surface area contributed by atoms with Gasteiger partial charge in [0, 0.05) is 13.0 Å². The number of alkyl halides is 3. The number of nitrogens with zero attached hydrogens (tertiary/aromatic N) is 2. The van der Waals surface area contributed by atoms with Gasteiger partial charge in [-0.1, -0.05) is 12.1 Å². The number of anilines is 1. The minimum atomic E-state index is -4.55. The molecule has 0 fully saturated rings. The fourth-order valence-corrected chi connectivity index (χ4v) is 3.28. The van der Waals surface area contributed by atoms with Crippen molar-refractivity contribution in [3.05, 3.63) is 71.6 Å². The summed E-state index contributed by atoms with van der Waals surface area (Å²) < 4.78 is 59.8. The predicted octanol–water partition coefficient (Wildman–Crippen LogP) is 4.21. The Morgan fingerprint density at radius 1 is 1.28 bits per heavy atom. The lowest BCUT2D eigenvalue weighted by Gasteiger charge is -2.32. The quantitative estimate of drug-likeness (QED) is 0.635. The normalized spacial score (nSPS) is 18.8. The molecule has 2 aromatic heterocycles. The zero-order chi connectivity index (χ0) is 20.6. The first-order valence-electron chi connectivity index (χ1n) is 8.79. The third-order valence-corrected chi connectivity index (χ3v) is 4.74. The van der Waals surface area contributed by atoms with Gasteiger partial charge in [0.2, 0.25) is 0 Å². The second-order valence-corrected chi connectivity index (χ2v) is 6.67. The maximum atomic E-state index is 13.6. The Balaban J connectivity index is 1.59. The molecule has 6 nitrogen and oxygen atoms in total. The Morgan fingerprint density at radius 3 is 2.69 bits per heavy atom. The van der Waals surface area contributed by atoms with Crippen LogP contribution in [0.2, 0.25) is 0 Å². The highest BCUT2D eigenvalue weighted by molar-refractivity contribution is 5.98. The molecule has 152 valence electrons. The van der Waals surface area contributed by atoms with E-state index < -0.39 is 30.0 Å². The summed E-state index contributed by atoms with van der Waals surface area (Å²) in [5.41, 5.74) is 0.632. The lowest BCUT2D eigenvalue weighted by atomic mass is 10.0. The fourth-order valence-electron chi connectivity index (χ4n) is 3.28. The van der Waals surface area contributed by atoms with Crippen LogP contribution in [0.4, 0.5) is 23.4 Å². The number of hydrogen-bond acceptors (Lipinski definition) is 4. The molecule has 0 saturated heterocycles. The largest absolute Gasteiger partial charge is 0.467 e. The molecule has 0 saturated carbocycles. The van der Waals surface area contributed by atoms with Crippen LogP contribution in [-0.2, 0) is 6.54 Å². The molecule has 10 heteroatoms. The zero-order valence-electron chi connectivity index (χ0n) is 14.9. The Kier molecular flexibility index (Phi) is 4.77. The average molecular weight is 408 g/mol. The van der Waals surface area contributed by atoms with Crippen LogP contribution in [0.1, 0.15) is 40.2 Å². The van der Waals surface area contributed by atoms with Crippen molar-refractivity contribution < 1.29 is 26.8 Å². The zero-order valence-corrected chi connectivity index (χ0v) is 14.9. The summed E-state index contributed by atoms with van der Waals surface area (Å²) in [7, 11) is 0. The Labute approximate surface area is 162 Å². The van der Waals surface area contributed by atoms with Crippen LogP contribution in [-0.4, -0.2) is 21.9 Å². The van der Waals surface area contributed by atoms with Crippen LogP contribution in [0, 0.1) is 5.82 Å². The van der Waals surface area contributed by atoms with E-state index in [1.165, 1.54) is 30.5 Å². The molecular weight excluding hydrogens is 392 g/mol. The van der Waals surface area contributed by atoms with E-state index in [1.807, 2.05) is 0 Å². The number of hydrogen-bond donors (Lipinski definition) is 2. The summed E-state index contributed by atoms with van der Waals surface area (Å²) in [6, 6.07) is 6.03. The predicted molar refractivity (Wildman–Crippen MR) is 94.6 cm³/mol. The van der Waals surface area contributed by atoms with Crippen LogP contribution >= 0.6 is 0 Å². The number of amides is 1. The number of nitrogens with one attached hydrogen (secondary N) is 2. The molecule has 2 atom stereocenters. The van der Waals surface area contributed by atoms with Gasteiger partial charge in [0.1, 0.15) is 23.0 Å². The van der Waals surface area contributed by atoms with E-state index >= 15 is 0 Å². The van der Waals surface area contributed by atoms with Gasteiger partial charge < -0.3 is 15.1 Å². The van der Waals surface area contributed by atoms with Crippen molar-refractivity contribution >= 4 is 11.7 Å². The van der Waals surface area contributed by atoms with E-state index in [0.717, 1.165) is 10.9 Å². The molecule has 3 heterocycles. The molecule has 29 heavy (non-hydrogen) atoms. The topological polar surface area (TPSA) is 72.1 Å². The van der Waals surface area contributed by atoms with Crippen molar-refractivity contribution in [2.45, 2.75) is 31.2 Å². The molecule has 1 aliphatic heterocycles. The molecule has 0 radical (unpaired) electrons. The van der Waals surface area contributed by atoms with Crippen LogP contribution < -0.4 is 10.6 Å². The van der Waals surface area contributed by atoms with Gasteiger partial charge in [-0.15, -0.1) is 0 Å². The molecule has 0 unspecified atom stereocenters. The molecule has 2 N–H and O–H groups in total. The molecule has 3 aromatic rings. The van der Waals surface area contributed by atoms with Gasteiger partial charge in [-0.05, 0) is 29.8 Å². The second kappa shape index (κ2) is 7.26. The standard InChI is InChI=1S/C19H16F4N4O2/c20-12-5-3-11(4-6-12)9-24-18(28)13-10-25-27-16(19(21,22)23)8-14(26-17(13)27)15-2-1-7-29-15/h1-7,10,14,16,26H,8-9H2,(H,24,28)/t14-,16-/m0/s1. The summed E-state index contributed by atoms with van der Waals surface area (Å²) in [6.45, 7) is 0.0913. The number of carbonyl (C=O) groups excluding carboxylic acids is 1. The molecular formula is C19H16F4N4O2. The lowest BCUT2D eigenvalue weighted by Crippen LogP contribution is -2.36. The van der Waals surface area contributed by atoms with Gasteiger partial charge in [-0.3, -0.25) is 4.79 Å². The maximum absolute atomic E-state index is 13.6. The Hall–Kier alpha value is -3.30. The molecule has 0 bridgehead atoms. The minimum Gasteiger partial charge on any atom is -0.467 e. The van der Waals surface area contributed by atoms with Crippen LogP contribution in [0.5, 0.6) is 0 Å². The number of furan rings is 1. The fraction of sp³-hybridized carbons (Fsp3) is 0.263. The summed E-state index contributed by atoms with van der Waals surface area (Å²) in [6.07, 6.45) is -2.38. The smallest absolute Gasteiger partial charge is 0.410 e. The van der Waals surface area contributed by atoms with E-state index in [4.69, 9.17) is 4.42 Å². The van der Waals surface area contributed by atoms with Crippen LogP contribution in [0.15, 0.2) is 53.3 Å². The van der Waals surface area contributed by atoms with Crippen LogP contribution in [0.3, 0.4) is 0 Å². The first kappa shape index (κ1) is 19.0. The number of fused-ring (bicyclic) bond motifs is 1. The van der Waals surface area contributed by atoms with Gasteiger partial charge in [0.05, 0.1) is 18.5 Å². The van der Waals surface area contributed by atoms with E-state index in [9.17, 15) is 22.4 Å². The number of halogens is 4. The third kappa shape index (κ3) is 3.82. The molecule has 0 aliphatic carbocycles. The highest BCUT2D eigenvalue weighted by atomic mass is 19.4. The first-order valence-corrected chi connectivity index (χ1v) is 8.79. The maximum Gasteiger partial charge on any atom is 0.410 e. The number of rotatable bonds is 4. The Morgan fingerprint density at radius 2 is 2.03 bits per heavy atom. The number of benzene rings is 1. The van der Waals surface area contributed by atoms with Gasteiger partial charge in [-0.2, -0.15) is 18.3 Å². The molecule has 0 spiro atoms. The van der Waals surface area contributed by atoms with Crippen molar-refractivity contribution in [3.63, 3.8) is 0 Å². The highest BCUT2D eigenvalue weighted by Gasteiger charge is 2.47. The highest BCUT2D eigenvalue weighted by Crippen LogP contribution is 2.44. The summed E-state index contributed by atoms with van der Waals surface area (Å²) in [5.74, 6) is -0.692. The summed E-state index contributed by atoms with van der Waals surface area (Å²) in [4.78, 5) is 12.6. The van der Waals surface area contributed by atoms with Gasteiger partial charge in [0.15, 0.2) is 6.04 Å². The number of aromatic nitrogens is 2. The second-order valence-electron chi connectivity index (χ2n) is 6.67. The van der Waals surface area contributed by atoms with Crippen molar-refractivity contribution in [3.8, 4) is 0 Å². The van der Waals surface area contributed by atoms with Crippen molar-refractivity contribution in [2.75, 3.05) is 5.32 Å². The van der Waals surface area contributed by atoms with E-state index in [0.29, 0.717) is 11.3 Å². The van der Waals surface area contributed by atoms with Gasteiger partial charge in [0.25, 0.3) is 5.91 Å². The summed E-state index contributed by atoms with van der Waals surface area (Å²) >= 11 is 0. The average Bonchev–Trinajstić information content (AvgIpc) is 3.35. The van der Waals surface area contributed by atoms with E-state index in [1.54, 1.807) is 12.1 Å². The van der Waals surface area contributed by atoms with Gasteiger partial charge in [-0.25, -0.2) is 9.07 Å². The van der Waals surface area contributed by atoms with Crippen molar-refractivity contribution in [2.24, 2.45) is 0 Å². The first-order chi connectivity index (χ1) is 13.8. The lowest BCUT2D eigenvalue weighted by molar-refractivity contribution is -0.174. The van der Waals surface area contributed by atoms with E-state index in [-0.39, 0.29) is 24.3 Å². The SMILES string of the molecule is O=C(NCc1ccc(F)cc1)c1cnn2c1N[C@H](c1ccco1)C[C@H]2C(F)(F)F. The molecule has 1 aliphatic rings. The molecule has 1 amide bonds. The minimum absolute atomic E-state index is 0.0161. The Bertz CT molecular complexity index is 996. The van der Waals surface area contributed by atoms with Crippen molar-refractivity contribution in [1.29, 1.82) is 0 Å². The molecule has 4 rings (SSSR count). The third-order valence-electron chi connectivity index (χ3n) is 4.74. The van der Waals surface area contributed by atoms with Gasteiger partial charge >= 0.3 is 6.18 Å². The van der Waals surface area contributed by atoms with E-state index in [2.05, 4.69) is 15.7 Å². The summed E-state index contributed by atoms with van der Waals surface area (Å²) in [5, 5.41) is 9.35.